The Morgan fingerprint density at radius 2 is 2.11 bits per heavy atom. The van der Waals surface area contributed by atoms with Gasteiger partial charge >= 0.3 is 0 Å². The number of rotatable bonds is 4. The Kier molecular flexibility index (Phi) is 4.46. The van der Waals surface area contributed by atoms with Crippen LogP contribution in [0.15, 0.2) is 29.2 Å². The van der Waals surface area contributed by atoms with Crippen LogP contribution in [0.1, 0.15) is 18.4 Å². The summed E-state index contributed by atoms with van der Waals surface area (Å²) in [5.41, 5.74) is 1.35. The lowest BCUT2D eigenvalue weighted by Gasteiger charge is -2.24. The van der Waals surface area contributed by atoms with E-state index in [1.165, 1.54) is 55.2 Å². The highest BCUT2D eigenvalue weighted by atomic mass is 32.2. The van der Waals surface area contributed by atoms with Crippen LogP contribution in [-0.2, 0) is 0 Å². The van der Waals surface area contributed by atoms with Gasteiger partial charge in [0, 0.05) is 36.3 Å². The molecule has 2 saturated heterocycles. The molecular weight excluding hydrogens is 252 g/mol. The number of thioether (sulfide) groups is 1. The minimum Gasteiger partial charge on any atom is -0.312 e. The third kappa shape index (κ3) is 3.53. The average molecular weight is 276 g/mol. The van der Waals surface area contributed by atoms with E-state index in [-0.39, 0.29) is 0 Å². The van der Waals surface area contributed by atoms with Gasteiger partial charge < -0.3 is 10.2 Å². The Morgan fingerprint density at radius 1 is 1.26 bits per heavy atom. The minimum atomic E-state index is 0.776. The lowest BCUT2D eigenvalue weighted by molar-refractivity contribution is 0.332. The highest BCUT2D eigenvalue weighted by Crippen LogP contribution is 2.25. The molecule has 0 spiro atoms. The molecule has 2 heterocycles. The van der Waals surface area contributed by atoms with Gasteiger partial charge in [0.1, 0.15) is 0 Å². The van der Waals surface area contributed by atoms with Gasteiger partial charge in [-0.15, -0.1) is 11.8 Å². The van der Waals surface area contributed by atoms with Crippen molar-refractivity contribution in [3.05, 3.63) is 29.8 Å². The van der Waals surface area contributed by atoms with E-state index in [1.807, 2.05) is 11.8 Å². The molecule has 2 aliphatic heterocycles. The fourth-order valence-corrected chi connectivity index (χ4v) is 4.16. The minimum absolute atomic E-state index is 0.776. The number of likely N-dealkylation sites (tertiary alicyclic amines) is 1. The maximum absolute atomic E-state index is 3.68. The monoisotopic (exact) mass is 276 g/mol. The number of nitrogens with one attached hydrogen (secondary N) is 1. The summed E-state index contributed by atoms with van der Waals surface area (Å²) in [4.78, 5) is 4.05. The van der Waals surface area contributed by atoms with Gasteiger partial charge in [0.2, 0.25) is 0 Å². The molecule has 1 aromatic carbocycles. The van der Waals surface area contributed by atoms with E-state index < -0.39 is 0 Å². The Bertz CT molecular complexity index is 390. The van der Waals surface area contributed by atoms with E-state index in [1.54, 1.807) is 0 Å². The molecule has 0 radical (unpaired) electrons. The normalized spacial score (nSPS) is 27.4. The van der Waals surface area contributed by atoms with Gasteiger partial charge in [-0.2, -0.15) is 0 Å². The number of nitrogens with zero attached hydrogens (tertiary/aromatic N) is 1. The number of hydrogen-bond acceptors (Lipinski definition) is 3. The van der Waals surface area contributed by atoms with E-state index >= 15 is 0 Å². The van der Waals surface area contributed by atoms with Gasteiger partial charge in [0.05, 0.1) is 0 Å². The molecular formula is C16H24N2S. The summed E-state index contributed by atoms with van der Waals surface area (Å²) in [7, 11) is 0. The van der Waals surface area contributed by atoms with Crippen LogP contribution in [0.3, 0.4) is 0 Å². The van der Waals surface area contributed by atoms with E-state index in [4.69, 9.17) is 0 Å². The second kappa shape index (κ2) is 6.29. The van der Waals surface area contributed by atoms with Crippen LogP contribution in [0.5, 0.6) is 0 Å². The molecule has 0 amide bonds. The number of hydrogen-bond donors (Lipinski definition) is 1. The molecule has 1 N–H and O–H groups in total. The van der Waals surface area contributed by atoms with Crippen molar-refractivity contribution in [3.8, 4) is 0 Å². The zero-order valence-electron chi connectivity index (χ0n) is 11.8. The van der Waals surface area contributed by atoms with Gasteiger partial charge in [-0.05, 0) is 44.4 Å². The van der Waals surface area contributed by atoms with Crippen molar-refractivity contribution in [1.82, 2.24) is 10.2 Å². The largest absolute Gasteiger partial charge is 0.312 e. The first kappa shape index (κ1) is 13.5. The summed E-state index contributed by atoms with van der Waals surface area (Å²) in [5, 5.41) is 3.68. The maximum Gasteiger partial charge on any atom is 0.0235 e. The molecule has 1 aromatic rings. The highest BCUT2D eigenvalue weighted by molar-refractivity contribution is 7.99. The predicted molar refractivity (Wildman–Crippen MR) is 82.9 cm³/mol. The summed E-state index contributed by atoms with van der Waals surface area (Å²) in [6, 6.07) is 9.67. The van der Waals surface area contributed by atoms with Crippen LogP contribution in [0.2, 0.25) is 0 Å². The van der Waals surface area contributed by atoms with Gasteiger partial charge in [-0.1, -0.05) is 17.7 Å². The van der Waals surface area contributed by atoms with Crippen LogP contribution in [0.25, 0.3) is 0 Å². The van der Waals surface area contributed by atoms with Crippen LogP contribution < -0.4 is 5.32 Å². The van der Waals surface area contributed by atoms with Crippen molar-refractivity contribution in [3.63, 3.8) is 0 Å². The molecule has 0 bridgehead atoms. The lowest BCUT2D eigenvalue weighted by atomic mass is 9.94. The third-order valence-corrected chi connectivity index (χ3v) is 5.36. The maximum atomic E-state index is 3.68. The average Bonchev–Trinajstić information content (AvgIpc) is 2.83. The fourth-order valence-electron chi connectivity index (χ4n) is 3.25. The van der Waals surface area contributed by atoms with Crippen molar-refractivity contribution >= 4 is 11.8 Å². The molecule has 2 atom stereocenters. The van der Waals surface area contributed by atoms with E-state index in [2.05, 4.69) is 41.4 Å². The van der Waals surface area contributed by atoms with Crippen molar-refractivity contribution in [1.29, 1.82) is 0 Å². The molecule has 2 nitrogen and oxygen atoms in total. The first-order chi connectivity index (χ1) is 9.31. The summed E-state index contributed by atoms with van der Waals surface area (Å²) >= 11 is 1.99. The molecule has 2 fully saturated rings. The molecule has 104 valence electrons. The predicted octanol–water partition coefficient (Wildman–Crippen LogP) is 2.77. The van der Waals surface area contributed by atoms with E-state index in [0.29, 0.717) is 0 Å². The van der Waals surface area contributed by atoms with Crippen LogP contribution in [0.4, 0.5) is 0 Å². The van der Waals surface area contributed by atoms with Crippen molar-refractivity contribution in [2.24, 2.45) is 5.92 Å². The Balaban J connectivity index is 1.42. The second-order valence-corrected chi connectivity index (χ2v) is 7.05. The molecule has 3 rings (SSSR count). The molecule has 0 aromatic heterocycles. The number of piperidine rings is 1. The second-order valence-electron chi connectivity index (χ2n) is 5.88. The lowest BCUT2D eigenvalue weighted by Crippen LogP contribution is -2.40. The first-order valence-corrected chi connectivity index (χ1v) is 8.45. The Morgan fingerprint density at radius 3 is 2.89 bits per heavy atom. The molecule has 0 aliphatic carbocycles. The topological polar surface area (TPSA) is 15.3 Å². The van der Waals surface area contributed by atoms with Crippen molar-refractivity contribution < 1.29 is 0 Å². The molecule has 0 unspecified atom stereocenters. The summed E-state index contributed by atoms with van der Waals surface area (Å²) in [5.74, 6) is 2.13. The molecule has 3 heteroatoms. The zero-order chi connectivity index (χ0) is 13.1. The van der Waals surface area contributed by atoms with Crippen molar-refractivity contribution in [2.45, 2.75) is 30.7 Å². The zero-order valence-corrected chi connectivity index (χ0v) is 12.6. The third-order valence-electron chi connectivity index (χ3n) is 4.37. The van der Waals surface area contributed by atoms with Gasteiger partial charge in [-0.25, -0.2) is 0 Å². The molecule has 2 aliphatic rings. The van der Waals surface area contributed by atoms with Crippen LogP contribution in [-0.4, -0.2) is 42.9 Å². The summed E-state index contributed by atoms with van der Waals surface area (Å²) in [6.07, 6.45) is 2.80. The van der Waals surface area contributed by atoms with Crippen LogP contribution in [0, 0.1) is 12.8 Å². The Hall–Kier alpha value is -0.510. The summed E-state index contributed by atoms with van der Waals surface area (Å²) in [6.45, 7) is 7.18. The van der Waals surface area contributed by atoms with Gasteiger partial charge in [-0.3, -0.25) is 0 Å². The first-order valence-electron chi connectivity index (χ1n) is 7.46. The highest BCUT2D eigenvalue weighted by Gasteiger charge is 2.33. The standard InChI is InChI=1S/C16H24N2S/c1-13-4-6-15(7-5-13)19-10-9-18-11-14-3-2-8-17-16(14)12-18/h4-7,14,16-17H,2-3,8-12H2,1H3/t14-,16+/m0/s1. The number of benzene rings is 1. The summed E-state index contributed by atoms with van der Waals surface area (Å²) < 4.78 is 0. The smallest absolute Gasteiger partial charge is 0.0235 e. The quantitative estimate of drug-likeness (QED) is 0.851. The van der Waals surface area contributed by atoms with E-state index in [0.717, 1.165) is 12.0 Å². The van der Waals surface area contributed by atoms with E-state index in [9.17, 15) is 0 Å². The fraction of sp³-hybridized carbons (Fsp3) is 0.625. The number of aryl methyl sites for hydroxylation is 1. The van der Waals surface area contributed by atoms with Gasteiger partial charge in [0.25, 0.3) is 0 Å². The molecule has 19 heavy (non-hydrogen) atoms. The van der Waals surface area contributed by atoms with Crippen molar-refractivity contribution in [2.75, 3.05) is 31.9 Å². The Labute approximate surface area is 121 Å². The van der Waals surface area contributed by atoms with Gasteiger partial charge in [0.15, 0.2) is 0 Å². The SMILES string of the molecule is Cc1ccc(SCCN2C[C@@H]3CCCN[C@@H]3C2)cc1. The van der Waals surface area contributed by atoms with Crippen LogP contribution >= 0.6 is 11.8 Å². The molecule has 0 saturated carbocycles. The number of fused-ring (bicyclic) bond motifs is 1.